The number of rotatable bonds is 5. The van der Waals surface area contributed by atoms with Crippen LogP contribution in [0.5, 0.6) is 0 Å². The molecule has 1 heterocycles. The van der Waals surface area contributed by atoms with Crippen molar-refractivity contribution in [1.82, 2.24) is 4.98 Å². The number of halogens is 1. The van der Waals surface area contributed by atoms with E-state index in [9.17, 15) is 14.4 Å². The van der Waals surface area contributed by atoms with Gasteiger partial charge in [-0.25, -0.2) is 14.6 Å². The first-order valence-electron chi connectivity index (χ1n) is 7.23. The number of nitrogens with zero attached hydrogens (tertiary/aromatic N) is 1. The van der Waals surface area contributed by atoms with Crippen LogP contribution in [0.2, 0.25) is 0 Å². The summed E-state index contributed by atoms with van der Waals surface area (Å²) < 4.78 is 9.27. The molecular weight excluding hydrogens is 404 g/mol. The van der Waals surface area contributed by atoms with Crippen molar-refractivity contribution in [1.29, 1.82) is 0 Å². The molecule has 1 unspecified atom stereocenters. The maximum Gasteiger partial charge on any atom is 0.350 e. The second kappa shape index (κ2) is 14.2. The van der Waals surface area contributed by atoms with Gasteiger partial charge in [-0.1, -0.05) is 11.3 Å². The minimum absolute atomic E-state index is 0.000000000000000222. The van der Waals surface area contributed by atoms with Crippen molar-refractivity contribution in [3.63, 3.8) is 0 Å². The van der Waals surface area contributed by atoms with Gasteiger partial charge in [-0.3, -0.25) is 4.79 Å². The predicted molar refractivity (Wildman–Crippen MR) is 105 cm³/mol. The average Bonchev–Trinajstić information content (AvgIpc) is 2.85. The van der Waals surface area contributed by atoms with Crippen molar-refractivity contribution in [3.05, 3.63) is 10.6 Å². The Balaban J connectivity index is 0. The van der Waals surface area contributed by atoms with Gasteiger partial charge in [0.05, 0.1) is 18.9 Å². The van der Waals surface area contributed by atoms with Gasteiger partial charge in [0.2, 0.25) is 0 Å². The molecule has 26 heavy (non-hydrogen) atoms. The highest BCUT2D eigenvalue weighted by molar-refractivity contribution is 7.80. The molecule has 0 bridgehead atoms. The number of ether oxygens (including phenoxy) is 2. The van der Waals surface area contributed by atoms with Crippen LogP contribution < -0.4 is 17.2 Å². The quantitative estimate of drug-likeness (QED) is 0.269. The lowest BCUT2D eigenvalue weighted by Crippen LogP contribution is -2.24. The molecule has 0 amide bonds. The zero-order valence-corrected chi connectivity index (χ0v) is 17.3. The van der Waals surface area contributed by atoms with Gasteiger partial charge >= 0.3 is 11.9 Å². The van der Waals surface area contributed by atoms with Crippen LogP contribution in [0.3, 0.4) is 0 Å². The number of carbonyl (C=O) groups is 3. The van der Waals surface area contributed by atoms with E-state index in [1.54, 1.807) is 20.8 Å². The van der Waals surface area contributed by atoms with Gasteiger partial charge < -0.3 is 26.7 Å². The van der Waals surface area contributed by atoms with Gasteiger partial charge in [-0.15, -0.1) is 11.6 Å². The number of Topliss-reactive ketones (excluding diaryl/α,β-unsaturated/α-hetero) is 1. The van der Waals surface area contributed by atoms with Crippen LogP contribution in [0, 0.1) is 6.92 Å². The third-order valence-electron chi connectivity index (χ3n) is 2.12. The number of nitrogen functional groups attached to an aromatic ring is 1. The molecular formula is C14H23ClN4O5S2. The third kappa shape index (κ3) is 12.4. The molecule has 0 radical (unpaired) electrons. The fraction of sp³-hybridized carbons (Fsp3) is 0.500. The van der Waals surface area contributed by atoms with Gasteiger partial charge in [0, 0.05) is 0 Å². The lowest BCUT2D eigenvalue weighted by Gasteiger charge is -2.03. The molecule has 1 aromatic rings. The van der Waals surface area contributed by atoms with E-state index in [4.69, 9.17) is 22.1 Å². The fourth-order valence-corrected chi connectivity index (χ4v) is 1.98. The highest BCUT2D eigenvalue weighted by Crippen LogP contribution is 2.20. The molecule has 0 aromatic carbocycles. The number of thiazole rings is 1. The molecule has 12 heteroatoms. The van der Waals surface area contributed by atoms with E-state index in [-0.39, 0.29) is 23.5 Å². The van der Waals surface area contributed by atoms with Gasteiger partial charge in [0.1, 0.15) is 4.88 Å². The molecule has 0 fully saturated rings. The Morgan fingerprint density at radius 2 is 1.69 bits per heavy atom. The maximum absolute atomic E-state index is 11.2. The highest BCUT2D eigenvalue weighted by Gasteiger charge is 2.20. The summed E-state index contributed by atoms with van der Waals surface area (Å²) in [5, 5.41) is -0.740. The first-order valence-corrected chi connectivity index (χ1v) is 8.89. The summed E-state index contributed by atoms with van der Waals surface area (Å²) in [5.74, 6) is -1.40. The monoisotopic (exact) mass is 426 g/mol. The Morgan fingerprint density at radius 1 is 1.23 bits per heavy atom. The number of aromatic nitrogens is 1. The number of aryl methyl sites for hydroxylation is 1. The van der Waals surface area contributed by atoms with Crippen molar-refractivity contribution in [2.45, 2.75) is 33.1 Å². The number of hydrogen-bond acceptors (Lipinski definition) is 9. The van der Waals surface area contributed by atoms with Crippen molar-refractivity contribution < 1.29 is 23.9 Å². The molecule has 0 saturated heterocycles. The van der Waals surface area contributed by atoms with Crippen LogP contribution in [0.15, 0.2) is 0 Å². The summed E-state index contributed by atoms with van der Waals surface area (Å²) in [6.45, 7) is 7.01. The maximum atomic E-state index is 11.2. The molecule has 1 rings (SSSR count). The number of nitrogens with two attached hydrogens (primary N) is 3. The Morgan fingerprint density at radius 3 is 2.00 bits per heavy atom. The molecule has 0 aliphatic heterocycles. The zero-order chi connectivity index (χ0) is 20.9. The number of carbonyl (C=O) groups excluding carboxylic acids is 3. The third-order valence-corrected chi connectivity index (χ3v) is 3.58. The van der Waals surface area contributed by atoms with E-state index < -0.39 is 11.3 Å². The molecule has 0 aliphatic rings. The van der Waals surface area contributed by atoms with Crippen molar-refractivity contribution >= 4 is 63.1 Å². The van der Waals surface area contributed by atoms with Crippen LogP contribution in [-0.4, -0.2) is 46.4 Å². The Labute approximate surface area is 166 Å². The summed E-state index contributed by atoms with van der Waals surface area (Å²) >= 11 is 10.6. The van der Waals surface area contributed by atoms with Crippen LogP contribution in [0.1, 0.15) is 36.1 Å². The van der Waals surface area contributed by atoms with Crippen LogP contribution >= 0.6 is 35.2 Å². The molecule has 0 saturated carbocycles. The minimum Gasteiger partial charge on any atom is -0.465 e. The Bertz CT molecular complexity index is 620. The molecule has 1 atom stereocenters. The summed E-state index contributed by atoms with van der Waals surface area (Å²) in [6, 6.07) is 0. The summed E-state index contributed by atoms with van der Waals surface area (Å²) in [6.07, 6.45) is 0. The molecule has 0 aliphatic carbocycles. The van der Waals surface area contributed by atoms with Gasteiger partial charge in [0.25, 0.3) is 0 Å². The van der Waals surface area contributed by atoms with E-state index in [0.29, 0.717) is 22.3 Å². The first kappa shape index (κ1) is 26.3. The van der Waals surface area contributed by atoms with E-state index in [0.717, 1.165) is 11.3 Å². The van der Waals surface area contributed by atoms with Crippen LogP contribution in [0.25, 0.3) is 0 Å². The molecule has 9 nitrogen and oxygen atoms in total. The van der Waals surface area contributed by atoms with Crippen LogP contribution in [0.4, 0.5) is 5.13 Å². The van der Waals surface area contributed by atoms with Gasteiger partial charge in [-0.05, 0) is 39.9 Å². The smallest absolute Gasteiger partial charge is 0.350 e. The van der Waals surface area contributed by atoms with E-state index in [2.05, 4.69) is 33.4 Å². The van der Waals surface area contributed by atoms with Gasteiger partial charge in [-0.2, -0.15) is 0 Å². The number of thiocarbonyl (C=S) groups is 1. The molecule has 6 N–H and O–H groups in total. The van der Waals surface area contributed by atoms with Crippen molar-refractivity contribution in [3.8, 4) is 0 Å². The average molecular weight is 427 g/mol. The SMILES string of the molecule is CCOC(=O)C(Cl)C(C)=O.CCOC(=O)c1sc(N)nc1C.NC(N)=S. The number of esters is 2. The Hall–Kier alpha value is -1.98. The van der Waals surface area contributed by atoms with E-state index in [1.807, 2.05) is 0 Å². The summed E-state index contributed by atoms with van der Waals surface area (Å²) in [5.41, 5.74) is 15.3. The minimum atomic E-state index is -1.14. The number of hydrogen-bond donors (Lipinski definition) is 3. The van der Waals surface area contributed by atoms with Crippen molar-refractivity contribution in [2.75, 3.05) is 18.9 Å². The Kier molecular flexibility index (Phi) is 14.4. The normalized spacial score (nSPS) is 10.2. The number of anilines is 1. The first-order chi connectivity index (χ1) is 12.0. The number of alkyl halides is 1. The predicted octanol–water partition coefficient (Wildman–Crippen LogP) is 1.15. The van der Waals surface area contributed by atoms with Crippen LogP contribution in [-0.2, 0) is 19.1 Å². The molecule has 1 aromatic heterocycles. The summed E-state index contributed by atoms with van der Waals surface area (Å²) in [4.78, 5) is 36.6. The molecule has 0 spiro atoms. The van der Waals surface area contributed by atoms with Gasteiger partial charge in [0.15, 0.2) is 21.4 Å². The number of ketones is 1. The second-order valence-corrected chi connectivity index (χ2v) is 6.25. The largest absolute Gasteiger partial charge is 0.465 e. The lowest BCUT2D eigenvalue weighted by atomic mass is 10.3. The standard InChI is InChI=1S/C7H10N2O2S.C6H9ClO3.CH4N2S/c1-3-11-6(10)5-4(2)9-7(8)12-5;1-3-10-6(9)5(7)4(2)8;2-1(3)4/h3H2,1-2H3,(H2,8,9);5H,3H2,1-2H3;(H4,2,3,4). The lowest BCUT2D eigenvalue weighted by molar-refractivity contribution is -0.144. The second-order valence-electron chi connectivity index (χ2n) is 4.31. The summed E-state index contributed by atoms with van der Waals surface area (Å²) in [7, 11) is 0. The fourth-order valence-electron chi connectivity index (χ4n) is 1.18. The highest BCUT2D eigenvalue weighted by atomic mass is 35.5. The zero-order valence-electron chi connectivity index (χ0n) is 14.9. The topological polar surface area (TPSA) is 161 Å². The van der Waals surface area contributed by atoms with E-state index >= 15 is 0 Å². The van der Waals surface area contributed by atoms with E-state index in [1.165, 1.54) is 6.92 Å². The van der Waals surface area contributed by atoms with Crippen molar-refractivity contribution in [2.24, 2.45) is 11.5 Å². The molecule has 148 valence electrons.